The first-order valence-electron chi connectivity index (χ1n) is 9.85. The van der Waals surface area contributed by atoms with Gasteiger partial charge in [0.05, 0.1) is 7.11 Å². The van der Waals surface area contributed by atoms with Crippen molar-refractivity contribution in [2.75, 3.05) is 35.7 Å². The fourth-order valence-electron chi connectivity index (χ4n) is 2.92. The monoisotopic (exact) mass is 397 g/mol. The summed E-state index contributed by atoms with van der Waals surface area (Å²) in [4.78, 5) is 27.8. The lowest BCUT2D eigenvalue weighted by molar-refractivity contribution is -0.135. The largest absolute Gasteiger partial charge is 0.497 e. The van der Waals surface area contributed by atoms with E-state index in [0.717, 1.165) is 24.3 Å². The van der Waals surface area contributed by atoms with Crippen molar-refractivity contribution in [1.82, 2.24) is 0 Å². The summed E-state index contributed by atoms with van der Waals surface area (Å²) in [7, 11) is 1.58. The number of benzene rings is 2. The second kappa shape index (κ2) is 9.45. The summed E-state index contributed by atoms with van der Waals surface area (Å²) in [5, 5.41) is 5.69. The van der Waals surface area contributed by atoms with Crippen LogP contribution in [-0.2, 0) is 9.59 Å². The van der Waals surface area contributed by atoms with Gasteiger partial charge in [0.15, 0.2) is 0 Å². The molecule has 6 nitrogen and oxygen atoms in total. The van der Waals surface area contributed by atoms with Crippen molar-refractivity contribution in [1.29, 1.82) is 0 Å². The molecule has 0 aliphatic rings. The minimum atomic E-state index is -1.25. The molecule has 0 fully saturated rings. The first kappa shape index (κ1) is 22.3. The molecule has 2 amide bonds. The Morgan fingerprint density at radius 3 is 2.07 bits per heavy atom. The minimum Gasteiger partial charge on any atom is -0.497 e. The average molecular weight is 398 g/mol. The molecule has 2 aromatic carbocycles. The van der Waals surface area contributed by atoms with Crippen LogP contribution in [0.25, 0.3) is 0 Å². The normalized spacial score (nSPS) is 11.0. The molecule has 29 heavy (non-hydrogen) atoms. The summed E-state index contributed by atoms with van der Waals surface area (Å²) in [6.45, 7) is 11.2. The topological polar surface area (TPSA) is 70.7 Å². The lowest BCUT2D eigenvalue weighted by Crippen LogP contribution is -2.41. The van der Waals surface area contributed by atoms with E-state index in [2.05, 4.69) is 29.4 Å². The fourth-order valence-corrected chi connectivity index (χ4v) is 2.92. The van der Waals surface area contributed by atoms with Crippen molar-refractivity contribution in [3.63, 3.8) is 0 Å². The Bertz CT molecular complexity index is 856. The number of hydrogen-bond donors (Lipinski definition) is 2. The summed E-state index contributed by atoms with van der Waals surface area (Å²) < 4.78 is 5.11. The molecule has 0 heterocycles. The van der Waals surface area contributed by atoms with Crippen molar-refractivity contribution >= 4 is 28.9 Å². The van der Waals surface area contributed by atoms with E-state index in [1.165, 1.54) is 0 Å². The number of nitrogens with zero attached hydrogens (tertiary/aromatic N) is 1. The van der Waals surface area contributed by atoms with Crippen LogP contribution in [0.15, 0.2) is 42.5 Å². The Morgan fingerprint density at radius 1 is 0.966 bits per heavy atom. The van der Waals surface area contributed by atoms with E-state index >= 15 is 0 Å². The van der Waals surface area contributed by atoms with Crippen molar-refractivity contribution in [3.05, 3.63) is 48.0 Å². The van der Waals surface area contributed by atoms with Crippen LogP contribution in [-0.4, -0.2) is 32.0 Å². The molecule has 0 saturated carbocycles. The molecule has 6 heteroatoms. The molecule has 0 bridgehead atoms. The van der Waals surface area contributed by atoms with E-state index < -0.39 is 5.41 Å². The van der Waals surface area contributed by atoms with Crippen LogP contribution in [0.3, 0.4) is 0 Å². The van der Waals surface area contributed by atoms with Gasteiger partial charge in [-0.15, -0.1) is 0 Å². The summed E-state index contributed by atoms with van der Waals surface area (Å²) in [6.07, 6.45) is 0. The standard InChI is InChI=1S/C23H31N3O3/c1-7-26(8-2)18-11-14-20(16(3)15-18)25-22(28)23(4,5)21(27)24-17-9-12-19(29-6)13-10-17/h9-15H,7-8H2,1-6H3,(H,24,27)(H,25,28). The Balaban J connectivity index is 2.10. The summed E-state index contributed by atoms with van der Waals surface area (Å²) in [5.74, 6) is -0.0385. The molecular formula is C23H31N3O3. The number of hydrogen-bond acceptors (Lipinski definition) is 4. The smallest absolute Gasteiger partial charge is 0.239 e. The third-order valence-electron chi connectivity index (χ3n) is 5.07. The van der Waals surface area contributed by atoms with Crippen molar-refractivity contribution < 1.29 is 14.3 Å². The van der Waals surface area contributed by atoms with E-state index in [4.69, 9.17) is 4.74 Å². The highest BCUT2D eigenvalue weighted by Gasteiger charge is 2.36. The van der Waals surface area contributed by atoms with E-state index in [1.54, 1.807) is 45.2 Å². The second-order valence-electron chi connectivity index (χ2n) is 7.43. The molecule has 0 aromatic heterocycles. The number of carbonyl (C=O) groups excluding carboxylic acids is 2. The highest BCUT2D eigenvalue weighted by molar-refractivity contribution is 6.14. The molecule has 0 aliphatic carbocycles. The second-order valence-corrected chi connectivity index (χ2v) is 7.43. The molecule has 0 atom stereocenters. The van der Waals surface area contributed by atoms with Crippen LogP contribution in [0.2, 0.25) is 0 Å². The van der Waals surface area contributed by atoms with E-state index in [1.807, 2.05) is 25.1 Å². The molecular weight excluding hydrogens is 366 g/mol. The maximum absolute atomic E-state index is 12.8. The Hall–Kier alpha value is -3.02. The van der Waals surface area contributed by atoms with Gasteiger partial charge in [0, 0.05) is 30.2 Å². The summed E-state index contributed by atoms with van der Waals surface area (Å²) >= 11 is 0. The SMILES string of the molecule is CCN(CC)c1ccc(NC(=O)C(C)(C)C(=O)Nc2ccc(OC)cc2)c(C)c1. The van der Waals surface area contributed by atoms with Crippen molar-refractivity contribution in [2.45, 2.75) is 34.6 Å². The van der Waals surface area contributed by atoms with Crippen LogP contribution in [0.4, 0.5) is 17.1 Å². The highest BCUT2D eigenvalue weighted by Crippen LogP contribution is 2.26. The zero-order valence-corrected chi connectivity index (χ0v) is 18.1. The molecule has 0 aliphatic heterocycles. The number of aryl methyl sites for hydroxylation is 1. The zero-order valence-electron chi connectivity index (χ0n) is 18.1. The lowest BCUT2D eigenvalue weighted by atomic mass is 9.90. The van der Waals surface area contributed by atoms with E-state index in [0.29, 0.717) is 17.1 Å². The molecule has 0 spiro atoms. The molecule has 2 rings (SSSR count). The van der Waals surface area contributed by atoms with Crippen LogP contribution < -0.4 is 20.3 Å². The van der Waals surface area contributed by atoms with Gasteiger partial charge in [-0.05, 0) is 82.6 Å². The lowest BCUT2D eigenvalue weighted by Gasteiger charge is -2.25. The quantitative estimate of drug-likeness (QED) is 0.646. The molecule has 2 aromatic rings. The minimum absolute atomic E-state index is 0.359. The van der Waals surface area contributed by atoms with Gasteiger partial charge in [-0.3, -0.25) is 9.59 Å². The van der Waals surface area contributed by atoms with Gasteiger partial charge >= 0.3 is 0 Å². The van der Waals surface area contributed by atoms with Crippen LogP contribution in [0, 0.1) is 12.3 Å². The first-order valence-corrected chi connectivity index (χ1v) is 9.85. The third kappa shape index (κ3) is 5.28. The number of anilines is 3. The van der Waals surface area contributed by atoms with Crippen LogP contribution >= 0.6 is 0 Å². The number of nitrogens with one attached hydrogen (secondary N) is 2. The maximum atomic E-state index is 12.8. The fraction of sp³-hybridized carbons (Fsp3) is 0.391. The molecule has 2 N–H and O–H groups in total. The van der Waals surface area contributed by atoms with Crippen LogP contribution in [0.5, 0.6) is 5.75 Å². The van der Waals surface area contributed by atoms with E-state index in [-0.39, 0.29) is 11.8 Å². The molecule has 0 radical (unpaired) electrons. The van der Waals surface area contributed by atoms with Gasteiger partial charge in [-0.25, -0.2) is 0 Å². The molecule has 0 unspecified atom stereocenters. The summed E-state index contributed by atoms with van der Waals surface area (Å²) in [6, 6.07) is 12.9. The van der Waals surface area contributed by atoms with Crippen molar-refractivity contribution in [2.24, 2.45) is 5.41 Å². The number of amides is 2. The average Bonchev–Trinajstić information content (AvgIpc) is 2.71. The molecule has 156 valence electrons. The summed E-state index contributed by atoms with van der Waals surface area (Å²) in [5.41, 5.74) is 2.13. The van der Waals surface area contributed by atoms with Crippen molar-refractivity contribution in [3.8, 4) is 5.75 Å². The number of methoxy groups -OCH3 is 1. The Morgan fingerprint density at radius 2 is 1.55 bits per heavy atom. The van der Waals surface area contributed by atoms with Gasteiger partial charge in [0.25, 0.3) is 0 Å². The van der Waals surface area contributed by atoms with Gasteiger partial charge in [0.2, 0.25) is 11.8 Å². The predicted octanol–water partition coefficient (Wildman–Crippen LogP) is 4.45. The third-order valence-corrected chi connectivity index (χ3v) is 5.07. The first-order chi connectivity index (χ1) is 13.7. The highest BCUT2D eigenvalue weighted by atomic mass is 16.5. The zero-order chi connectivity index (χ0) is 21.6. The van der Waals surface area contributed by atoms with E-state index in [9.17, 15) is 9.59 Å². The number of carbonyl (C=O) groups is 2. The van der Waals surface area contributed by atoms with Gasteiger partial charge < -0.3 is 20.3 Å². The molecule has 0 saturated heterocycles. The van der Waals surface area contributed by atoms with Crippen LogP contribution in [0.1, 0.15) is 33.3 Å². The van der Waals surface area contributed by atoms with Gasteiger partial charge in [-0.2, -0.15) is 0 Å². The van der Waals surface area contributed by atoms with Gasteiger partial charge in [-0.1, -0.05) is 0 Å². The number of ether oxygens (including phenoxy) is 1. The maximum Gasteiger partial charge on any atom is 0.239 e. The van der Waals surface area contributed by atoms with Gasteiger partial charge in [0.1, 0.15) is 11.2 Å². The Labute approximate surface area is 173 Å². The number of rotatable bonds is 8. The Kier molecular flexibility index (Phi) is 7.26. The predicted molar refractivity (Wildman–Crippen MR) is 119 cm³/mol.